The van der Waals surface area contributed by atoms with Crippen LogP contribution in [0.5, 0.6) is 5.75 Å². The maximum absolute atomic E-state index is 10.7. The van der Waals surface area contributed by atoms with E-state index in [0.717, 1.165) is 56.9 Å². The molecule has 1 heterocycles. The van der Waals surface area contributed by atoms with Crippen molar-refractivity contribution >= 4 is 5.69 Å². The molecule has 0 unspecified atom stereocenters. The molecule has 4 nitrogen and oxygen atoms in total. The molecule has 1 fully saturated rings. The van der Waals surface area contributed by atoms with Crippen molar-refractivity contribution in [3.63, 3.8) is 0 Å². The third-order valence-electron chi connectivity index (χ3n) is 5.18. The Hall–Kier alpha value is -1.26. The molecule has 0 aromatic heterocycles. The first-order chi connectivity index (χ1) is 11.7. The summed E-state index contributed by atoms with van der Waals surface area (Å²) >= 11 is 0. The van der Waals surface area contributed by atoms with Crippen molar-refractivity contribution in [1.82, 2.24) is 10.2 Å². The van der Waals surface area contributed by atoms with Crippen LogP contribution >= 0.6 is 0 Å². The van der Waals surface area contributed by atoms with Gasteiger partial charge >= 0.3 is 0 Å². The van der Waals surface area contributed by atoms with Gasteiger partial charge in [-0.25, -0.2) is 0 Å². The second-order valence-electron chi connectivity index (χ2n) is 6.71. The largest absolute Gasteiger partial charge is 0.508 e. The van der Waals surface area contributed by atoms with Crippen LogP contribution in [0.4, 0.5) is 5.69 Å². The number of nitrogens with one attached hydrogen (secondary N) is 1. The first kappa shape index (κ1) is 19.1. The van der Waals surface area contributed by atoms with E-state index in [1.165, 1.54) is 19.3 Å². The number of benzene rings is 1. The zero-order chi connectivity index (χ0) is 17.4. The standard InChI is InChI=1S/C20H35N3O/c1-4-7-8-9-19(23-14-12-21-13-15-23)18-11-10-17(16-20(18)24)22(5-2)6-3/h10-11,16,19,21,24H,4-9,12-15H2,1-3H3/t19-/m0/s1. The molecular formula is C20H35N3O. The van der Waals surface area contributed by atoms with Gasteiger partial charge in [0, 0.05) is 62.6 Å². The molecule has 1 aromatic carbocycles. The fourth-order valence-electron chi connectivity index (χ4n) is 3.72. The van der Waals surface area contributed by atoms with Crippen LogP contribution in [0.15, 0.2) is 18.2 Å². The maximum Gasteiger partial charge on any atom is 0.122 e. The van der Waals surface area contributed by atoms with Crippen molar-refractivity contribution in [2.75, 3.05) is 44.2 Å². The van der Waals surface area contributed by atoms with E-state index in [9.17, 15) is 5.11 Å². The highest BCUT2D eigenvalue weighted by molar-refractivity contribution is 5.54. The molecule has 0 spiro atoms. The monoisotopic (exact) mass is 333 g/mol. The molecule has 1 aliphatic rings. The summed E-state index contributed by atoms with van der Waals surface area (Å²) < 4.78 is 0. The summed E-state index contributed by atoms with van der Waals surface area (Å²) in [6.07, 6.45) is 4.86. The van der Waals surface area contributed by atoms with E-state index in [0.29, 0.717) is 11.8 Å². The third kappa shape index (κ3) is 4.87. The molecule has 1 saturated heterocycles. The first-order valence-corrected chi connectivity index (χ1v) is 9.73. The molecule has 24 heavy (non-hydrogen) atoms. The van der Waals surface area contributed by atoms with E-state index in [2.05, 4.69) is 48.0 Å². The van der Waals surface area contributed by atoms with Crippen molar-refractivity contribution in [2.45, 2.75) is 52.5 Å². The SMILES string of the molecule is CCCCC[C@@H](c1ccc(N(CC)CC)cc1O)N1CCNCC1. The van der Waals surface area contributed by atoms with Crippen LogP contribution in [-0.2, 0) is 0 Å². The quantitative estimate of drug-likeness (QED) is 0.675. The van der Waals surface area contributed by atoms with Gasteiger partial charge in [0.05, 0.1) is 0 Å². The van der Waals surface area contributed by atoms with E-state index < -0.39 is 0 Å². The highest BCUT2D eigenvalue weighted by Gasteiger charge is 2.24. The number of hydrogen-bond donors (Lipinski definition) is 2. The second-order valence-corrected chi connectivity index (χ2v) is 6.71. The molecule has 0 radical (unpaired) electrons. The molecule has 0 bridgehead atoms. The number of unbranched alkanes of at least 4 members (excludes halogenated alkanes) is 2. The Balaban J connectivity index is 2.20. The third-order valence-corrected chi connectivity index (χ3v) is 5.18. The zero-order valence-corrected chi connectivity index (χ0v) is 15.7. The Morgan fingerprint density at radius 2 is 1.83 bits per heavy atom. The minimum absolute atomic E-state index is 0.337. The topological polar surface area (TPSA) is 38.7 Å². The average Bonchev–Trinajstić information content (AvgIpc) is 2.61. The maximum atomic E-state index is 10.7. The van der Waals surface area contributed by atoms with Crippen molar-refractivity contribution in [3.8, 4) is 5.75 Å². The van der Waals surface area contributed by atoms with E-state index >= 15 is 0 Å². The molecule has 0 amide bonds. The van der Waals surface area contributed by atoms with Gasteiger partial charge in [0.25, 0.3) is 0 Å². The normalized spacial score (nSPS) is 17.0. The fraction of sp³-hybridized carbons (Fsp3) is 0.700. The van der Waals surface area contributed by atoms with Gasteiger partial charge in [-0.05, 0) is 26.3 Å². The van der Waals surface area contributed by atoms with Crippen molar-refractivity contribution in [2.24, 2.45) is 0 Å². The summed E-state index contributed by atoms with van der Waals surface area (Å²) in [5.74, 6) is 0.458. The predicted octanol–water partition coefficient (Wildman–Crippen LogP) is 3.77. The van der Waals surface area contributed by atoms with Gasteiger partial charge in [-0.3, -0.25) is 4.90 Å². The number of phenolic OH excluding ortho intramolecular Hbond substituents is 1. The Kier molecular flexibility index (Phi) is 7.86. The molecule has 4 heteroatoms. The number of nitrogens with zero attached hydrogens (tertiary/aromatic N) is 2. The Morgan fingerprint density at radius 1 is 1.12 bits per heavy atom. The van der Waals surface area contributed by atoms with Crippen LogP contribution in [0.25, 0.3) is 0 Å². The van der Waals surface area contributed by atoms with Gasteiger partial charge in [-0.15, -0.1) is 0 Å². The molecule has 136 valence electrons. The Bertz CT molecular complexity index is 482. The average molecular weight is 334 g/mol. The first-order valence-electron chi connectivity index (χ1n) is 9.73. The van der Waals surface area contributed by atoms with Crippen LogP contribution < -0.4 is 10.2 Å². The van der Waals surface area contributed by atoms with Gasteiger partial charge in [0.1, 0.15) is 5.75 Å². The fourth-order valence-corrected chi connectivity index (χ4v) is 3.72. The van der Waals surface area contributed by atoms with Crippen molar-refractivity contribution < 1.29 is 5.11 Å². The van der Waals surface area contributed by atoms with Gasteiger partial charge in [-0.2, -0.15) is 0 Å². The number of anilines is 1. The van der Waals surface area contributed by atoms with Crippen LogP contribution in [0.3, 0.4) is 0 Å². The lowest BCUT2D eigenvalue weighted by atomic mass is 9.96. The molecule has 1 aliphatic heterocycles. The van der Waals surface area contributed by atoms with Crippen molar-refractivity contribution in [3.05, 3.63) is 23.8 Å². The molecule has 1 aromatic rings. The number of hydrogen-bond acceptors (Lipinski definition) is 4. The van der Waals surface area contributed by atoms with Crippen LogP contribution in [0.1, 0.15) is 58.1 Å². The summed E-state index contributed by atoms with van der Waals surface area (Å²) in [6.45, 7) is 12.7. The van der Waals surface area contributed by atoms with Gasteiger partial charge in [0.15, 0.2) is 0 Å². The lowest BCUT2D eigenvalue weighted by Gasteiger charge is -2.36. The summed E-state index contributed by atoms with van der Waals surface area (Å²) in [4.78, 5) is 4.82. The summed E-state index contributed by atoms with van der Waals surface area (Å²) in [7, 11) is 0. The molecule has 1 atom stereocenters. The number of rotatable bonds is 9. The lowest BCUT2D eigenvalue weighted by molar-refractivity contribution is 0.160. The second kappa shape index (κ2) is 9.90. The number of piperazine rings is 1. The van der Waals surface area contributed by atoms with E-state index in [1.807, 2.05) is 6.07 Å². The summed E-state index contributed by atoms with van der Waals surface area (Å²) in [6, 6.07) is 6.63. The Morgan fingerprint density at radius 3 is 2.42 bits per heavy atom. The summed E-state index contributed by atoms with van der Waals surface area (Å²) in [5.41, 5.74) is 2.22. The highest BCUT2D eigenvalue weighted by Crippen LogP contribution is 2.35. The zero-order valence-electron chi connectivity index (χ0n) is 15.7. The van der Waals surface area contributed by atoms with E-state index in [4.69, 9.17) is 0 Å². The molecule has 2 N–H and O–H groups in total. The van der Waals surface area contributed by atoms with E-state index in [-0.39, 0.29) is 0 Å². The number of aromatic hydroxyl groups is 1. The summed E-state index contributed by atoms with van der Waals surface area (Å²) in [5, 5.41) is 14.2. The van der Waals surface area contributed by atoms with Gasteiger partial charge in [-0.1, -0.05) is 32.3 Å². The Labute approximate surface area is 147 Å². The predicted molar refractivity (Wildman–Crippen MR) is 103 cm³/mol. The van der Waals surface area contributed by atoms with Gasteiger partial charge in [0.2, 0.25) is 0 Å². The number of phenols is 1. The van der Waals surface area contributed by atoms with Crippen LogP contribution in [-0.4, -0.2) is 49.3 Å². The smallest absolute Gasteiger partial charge is 0.122 e. The minimum atomic E-state index is 0.337. The van der Waals surface area contributed by atoms with E-state index in [1.54, 1.807) is 0 Å². The minimum Gasteiger partial charge on any atom is -0.508 e. The molecule has 0 saturated carbocycles. The van der Waals surface area contributed by atoms with Gasteiger partial charge < -0.3 is 15.3 Å². The van der Waals surface area contributed by atoms with Crippen molar-refractivity contribution in [1.29, 1.82) is 0 Å². The molecule has 2 rings (SSSR count). The van der Waals surface area contributed by atoms with Crippen LogP contribution in [0.2, 0.25) is 0 Å². The van der Waals surface area contributed by atoms with Crippen LogP contribution in [0, 0.1) is 0 Å². The molecule has 0 aliphatic carbocycles. The molecular weight excluding hydrogens is 298 g/mol. The lowest BCUT2D eigenvalue weighted by Crippen LogP contribution is -2.45. The highest BCUT2D eigenvalue weighted by atomic mass is 16.3.